The molecule has 3 rings (SSSR count). The third kappa shape index (κ3) is 6.95. The van der Waals surface area contributed by atoms with Gasteiger partial charge in [-0.2, -0.15) is 0 Å². The molecule has 3 aromatic rings. The number of Topliss-reactive ketones (excluding diaryl/α,β-unsaturated/α-hetero) is 1. The van der Waals surface area contributed by atoms with E-state index < -0.39 is 0 Å². The third-order valence-electron chi connectivity index (χ3n) is 5.24. The molecule has 8 heteroatoms. The molecule has 1 heterocycles. The normalized spacial score (nSPS) is 10.6. The molecule has 1 N–H and O–H groups in total. The number of unbranched alkanes of at least 4 members (excludes halogenated alkanes) is 1. The first-order valence-corrected chi connectivity index (χ1v) is 11.6. The number of carbonyl (C=O) groups excluding carboxylic acids is 2. The number of hydrogen-bond acceptors (Lipinski definition) is 6. The smallest absolute Gasteiger partial charge is 0.305 e. The number of nitrogens with one attached hydrogen (secondary N) is 1. The van der Waals surface area contributed by atoms with Crippen LogP contribution in [0.15, 0.2) is 54.7 Å². The molecule has 34 heavy (non-hydrogen) atoms. The molecule has 0 aliphatic heterocycles. The first kappa shape index (κ1) is 25.5. The number of carbonyl (C=O) groups is 2. The Labute approximate surface area is 209 Å². The molecule has 0 saturated heterocycles. The summed E-state index contributed by atoms with van der Waals surface area (Å²) in [6, 6.07) is 14.4. The summed E-state index contributed by atoms with van der Waals surface area (Å²) >= 11 is 12.4. The van der Waals surface area contributed by atoms with Crippen LogP contribution in [0.2, 0.25) is 10.2 Å². The lowest BCUT2D eigenvalue weighted by molar-refractivity contribution is -0.140. The Kier molecular flexibility index (Phi) is 9.31. The molecule has 0 aliphatic carbocycles. The van der Waals surface area contributed by atoms with E-state index in [4.69, 9.17) is 27.9 Å². The van der Waals surface area contributed by atoms with Crippen LogP contribution >= 0.6 is 23.2 Å². The van der Waals surface area contributed by atoms with Crippen LogP contribution in [0.25, 0.3) is 11.1 Å². The van der Waals surface area contributed by atoms with Crippen molar-refractivity contribution in [2.75, 3.05) is 25.6 Å². The van der Waals surface area contributed by atoms with Gasteiger partial charge in [-0.05, 0) is 61.7 Å². The lowest BCUT2D eigenvalue weighted by Crippen LogP contribution is -2.15. The van der Waals surface area contributed by atoms with Crippen molar-refractivity contribution < 1.29 is 19.1 Å². The fraction of sp³-hybridized carbons (Fsp3) is 0.269. The van der Waals surface area contributed by atoms with Crippen molar-refractivity contribution in [2.45, 2.75) is 26.2 Å². The van der Waals surface area contributed by atoms with Gasteiger partial charge in [-0.25, -0.2) is 4.98 Å². The summed E-state index contributed by atoms with van der Waals surface area (Å²) in [5.41, 5.74) is 3.72. The zero-order chi connectivity index (χ0) is 24.5. The van der Waals surface area contributed by atoms with E-state index in [2.05, 4.69) is 15.0 Å². The first-order chi connectivity index (χ1) is 16.4. The summed E-state index contributed by atoms with van der Waals surface area (Å²) in [4.78, 5) is 28.3. The van der Waals surface area contributed by atoms with E-state index in [1.165, 1.54) is 7.11 Å². The summed E-state index contributed by atoms with van der Waals surface area (Å²) in [5, 5.41) is 4.09. The van der Waals surface area contributed by atoms with Crippen molar-refractivity contribution in [3.05, 3.63) is 76.0 Å². The Morgan fingerprint density at radius 2 is 1.82 bits per heavy atom. The third-order valence-corrected chi connectivity index (χ3v) is 5.78. The second kappa shape index (κ2) is 12.4. The second-order valence-corrected chi connectivity index (χ2v) is 8.47. The molecule has 0 radical (unpaired) electrons. The molecule has 0 aliphatic rings. The molecular weight excluding hydrogens is 475 g/mol. The number of halogens is 2. The van der Waals surface area contributed by atoms with E-state index in [-0.39, 0.29) is 18.3 Å². The average Bonchev–Trinajstić information content (AvgIpc) is 2.83. The summed E-state index contributed by atoms with van der Waals surface area (Å²) in [6.07, 6.45) is 3.42. The van der Waals surface area contributed by atoms with Crippen LogP contribution in [0.4, 0.5) is 5.69 Å². The molecule has 0 bridgehead atoms. The average molecular weight is 501 g/mol. The van der Waals surface area contributed by atoms with Crippen LogP contribution in [0.3, 0.4) is 0 Å². The number of pyridine rings is 1. The number of nitrogens with zero attached hydrogens (tertiary/aromatic N) is 1. The molecule has 0 atom stereocenters. The van der Waals surface area contributed by atoms with Crippen molar-refractivity contribution in [3.63, 3.8) is 0 Å². The molecule has 0 unspecified atom stereocenters. The zero-order valence-corrected chi connectivity index (χ0v) is 20.6. The molecule has 2 aromatic carbocycles. The van der Waals surface area contributed by atoms with Crippen LogP contribution in [0.1, 0.15) is 35.2 Å². The van der Waals surface area contributed by atoms with Gasteiger partial charge in [0.05, 0.1) is 25.9 Å². The lowest BCUT2D eigenvalue weighted by atomic mass is 9.99. The monoisotopic (exact) mass is 500 g/mol. The number of esters is 1. The van der Waals surface area contributed by atoms with E-state index in [9.17, 15) is 9.59 Å². The quantitative estimate of drug-likeness (QED) is 0.142. The number of rotatable bonds is 11. The van der Waals surface area contributed by atoms with Gasteiger partial charge in [0.1, 0.15) is 10.9 Å². The number of para-hydroxylation sites is 2. The number of anilines is 1. The maximum absolute atomic E-state index is 12.9. The van der Waals surface area contributed by atoms with Gasteiger partial charge in [-0.15, -0.1) is 0 Å². The fourth-order valence-corrected chi connectivity index (χ4v) is 3.81. The lowest BCUT2D eigenvalue weighted by Gasteiger charge is -2.14. The van der Waals surface area contributed by atoms with E-state index in [0.717, 1.165) is 28.8 Å². The Balaban J connectivity index is 1.63. The van der Waals surface area contributed by atoms with Gasteiger partial charge >= 0.3 is 5.97 Å². The number of aromatic nitrogens is 1. The minimum Gasteiger partial charge on any atom is -0.491 e. The van der Waals surface area contributed by atoms with Crippen LogP contribution in [0, 0.1) is 6.92 Å². The highest BCUT2D eigenvalue weighted by Gasteiger charge is 2.14. The SMILES string of the molecule is COC(=O)CCCCOc1ccccc1NCC(=O)c1ccc(Cl)c(-c2cnc(Cl)cc2C)c1. The zero-order valence-electron chi connectivity index (χ0n) is 19.1. The van der Waals surface area contributed by atoms with Crippen molar-refractivity contribution in [1.29, 1.82) is 0 Å². The van der Waals surface area contributed by atoms with Crippen LogP contribution < -0.4 is 10.1 Å². The number of ether oxygens (including phenoxy) is 2. The van der Waals surface area contributed by atoms with Gasteiger partial charge in [-0.1, -0.05) is 35.3 Å². The molecule has 0 amide bonds. The predicted octanol–water partition coefficient (Wildman–Crippen LogP) is 6.38. The number of ketones is 1. The molecule has 0 saturated carbocycles. The highest BCUT2D eigenvalue weighted by Crippen LogP contribution is 2.32. The van der Waals surface area contributed by atoms with Crippen molar-refractivity contribution >= 4 is 40.6 Å². The molecular formula is C26H26Cl2N2O4. The Morgan fingerprint density at radius 1 is 1.03 bits per heavy atom. The summed E-state index contributed by atoms with van der Waals surface area (Å²) in [6.45, 7) is 2.46. The Morgan fingerprint density at radius 3 is 2.59 bits per heavy atom. The van der Waals surface area contributed by atoms with Gasteiger partial charge < -0.3 is 14.8 Å². The van der Waals surface area contributed by atoms with Gasteiger partial charge in [-0.3, -0.25) is 9.59 Å². The standard InChI is InChI=1S/C26H26Cl2N2O4/c1-17-13-25(28)30-15-20(17)19-14-18(10-11-21(19)27)23(31)16-29-22-7-3-4-8-24(22)34-12-6-5-9-26(32)33-2/h3-4,7-8,10-11,13-15,29H,5-6,9,12,16H2,1-2H3. The molecule has 0 fully saturated rings. The summed E-state index contributed by atoms with van der Waals surface area (Å²) in [5.74, 6) is 0.326. The van der Waals surface area contributed by atoms with Gasteiger partial charge in [0.2, 0.25) is 0 Å². The molecule has 6 nitrogen and oxygen atoms in total. The predicted molar refractivity (Wildman–Crippen MR) is 135 cm³/mol. The minimum absolute atomic E-state index is 0.0850. The highest BCUT2D eigenvalue weighted by atomic mass is 35.5. The second-order valence-electron chi connectivity index (χ2n) is 7.67. The van der Waals surface area contributed by atoms with E-state index >= 15 is 0 Å². The van der Waals surface area contributed by atoms with E-state index in [1.807, 2.05) is 31.2 Å². The van der Waals surface area contributed by atoms with Crippen LogP contribution in [-0.4, -0.2) is 37.0 Å². The molecule has 1 aromatic heterocycles. The summed E-state index contributed by atoms with van der Waals surface area (Å²) in [7, 11) is 1.38. The van der Waals surface area contributed by atoms with Crippen molar-refractivity contribution in [1.82, 2.24) is 4.98 Å². The topological polar surface area (TPSA) is 77.5 Å². The van der Waals surface area contributed by atoms with Gasteiger partial charge in [0, 0.05) is 34.3 Å². The fourth-order valence-electron chi connectivity index (χ4n) is 3.38. The van der Waals surface area contributed by atoms with Crippen LogP contribution in [0.5, 0.6) is 5.75 Å². The minimum atomic E-state index is -0.228. The van der Waals surface area contributed by atoms with Crippen LogP contribution in [-0.2, 0) is 9.53 Å². The van der Waals surface area contributed by atoms with E-state index in [0.29, 0.717) is 40.9 Å². The Bertz CT molecular complexity index is 1170. The van der Waals surface area contributed by atoms with Crippen molar-refractivity contribution in [2.24, 2.45) is 0 Å². The maximum atomic E-state index is 12.9. The summed E-state index contributed by atoms with van der Waals surface area (Å²) < 4.78 is 10.5. The number of hydrogen-bond donors (Lipinski definition) is 1. The van der Waals surface area contributed by atoms with Gasteiger partial charge in [0.25, 0.3) is 0 Å². The molecule has 178 valence electrons. The van der Waals surface area contributed by atoms with Gasteiger partial charge in [0.15, 0.2) is 5.78 Å². The number of benzene rings is 2. The first-order valence-electron chi connectivity index (χ1n) is 10.9. The Hall–Kier alpha value is -3.09. The maximum Gasteiger partial charge on any atom is 0.305 e. The molecule has 0 spiro atoms. The van der Waals surface area contributed by atoms with Crippen molar-refractivity contribution in [3.8, 4) is 16.9 Å². The highest BCUT2D eigenvalue weighted by molar-refractivity contribution is 6.33. The van der Waals surface area contributed by atoms with E-state index in [1.54, 1.807) is 30.5 Å². The number of aryl methyl sites for hydroxylation is 1. The number of methoxy groups -OCH3 is 1. The largest absolute Gasteiger partial charge is 0.491 e.